The molecule has 0 heterocycles. The zero-order valence-electron chi connectivity index (χ0n) is 4.93. The fraction of sp³-hybridized carbons (Fsp3) is 0.750. The van der Waals surface area contributed by atoms with Gasteiger partial charge in [0.15, 0.2) is 0 Å². The molecular formula is C4H6F2NO3. The third-order valence-corrected chi connectivity index (χ3v) is 0.662. The largest absolute Gasteiger partial charge is 0.462 e. The van der Waals surface area contributed by atoms with Crippen LogP contribution in [0.4, 0.5) is 8.78 Å². The van der Waals surface area contributed by atoms with Gasteiger partial charge in [0, 0.05) is 6.54 Å². The lowest BCUT2D eigenvalue weighted by molar-refractivity contribution is -0.233. The molecule has 0 aromatic heterocycles. The van der Waals surface area contributed by atoms with Gasteiger partial charge in [-0.2, -0.15) is 8.78 Å². The van der Waals surface area contributed by atoms with E-state index in [9.17, 15) is 18.7 Å². The Bertz CT molecular complexity index is 122. The predicted octanol–water partition coefficient (Wildman–Crippen LogP) is -0.882. The summed E-state index contributed by atoms with van der Waals surface area (Å²) < 4.78 is 22.8. The van der Waals surface area contributed by atoms with Gasteiger partial charge in [-0.15, -0.1) is 5.11 Å². The minimum Gasteiger partial charge on any atom is -0.395 e. The summed E-state index contributed by atoms with van der Waals surface area (Å²) in [6.45, 7) is -0.807. The molecule has 0 aliphatic carbocycles. The van der Waals surface area contributed by atoms with Crippen LogP contribution in [0.5, 0.6) is 0 Å². The average Bonchev–Trinajstić information content (AvgIpc) is 1.80. The van der Waals surface area contributed by atoms with Crippen molar-refractivity contribution in [2.24, 2.45) is 0 Å². The molecular weight excluding hydrogens is 148 g/mol. The number of alkyl halides is 2. The molecule has 6 heteroatoms. The Morgan fingerprint density at radius 1 is 1.60 bits per heavy atom. The number of aliphatic hydroxyl groups excluding tert-OH is 1. The van der Waals surface area contributed by atoms with Crippen LogP contribution in [-0.4, -0.2) is 30.3 Å². The van der Waals surface area contributed by atoms with Crippen LogP contribution in [0.1, 0.15) is 0 Å². The third-order valence-electron chi connectivity index (χ3n) is 0.662. The molecule has 0 aromatic carbocycles. The van der Waals surface area contributed by atoms with E-state index in [1.54, 1.807) is 0 Å². The van der Waals surface area contributed by atoms with Gasteiger partial charge in [0.1, 0.15) is 0 Å². The minimum atomic E-state index is -4.60. The van der Waals surface area contributed by atoms with Crippen molar-refractivity contribution < 1.29 is 23.8 Å². The molecule has 0 saturated carbocycles. The van der Waals surface area contributed by atoms with E-state index in [1.807, 2.05) is 0 Å². The average molecular weight is 154 g/mol. The Morgan fingerprint density at radius 2 is 2.10 bits per heavy atom. The van der Waals surface area contributed by atoms with Crippen LogP contribution in [0.25, 0.3) is 0 Å². The Hall–Kier alpha value is -0.750. The van der Waals surface area contributed by atoms with Crippen molar-refractivity contribution in [1.29, 1.82) is 0 Å². The molecule has 1 amide bonds. The molecule has 0 bridgehead atoms. The number of hydrogen-bond acceptors (Lipinski definition) is 2. The van der Waals surface area contributed by atoms with E-state index in [-0.39, 0.29) is 6.54 Å². The molecule has 0 saturated heterocycles. The van der Waals surface area contributed by atoms with Gasteiger partial charge >= 0.3 is 12.0 Å². The SMILES string of the molecule is [O]C(F)(F)C(=O)NCCO. The first-order valence-electron chi connectivity index (χ1n) is 2.46. The number of hydrogen-bond donors (Lipinski definition) is 2. The molecule has 1 radical (unpaired) electrons. The summed E-state index contributed by atoms with van der Waals surface area (Å²) in [6, 6.07) is 0. The van der Waals surface area contributed by atoms with E-state index >= 15 is 0 Å². The Morgan fingerprint density at radius 3 is 2.40 bits per heavy atom. The second-order valence-electron chi connectivity index (χ2n) is 1.50. The van der Waals surface area contributed by atoms with Crippen LogP contribution in [0.3, 0.4) is 0 Å². The zero-order valence-corrected chi connectivity index (χ0v) is 4.93. The Labute approximate surface area is 55.5 Å². The molecule has 0 aliphatic heterocycles. The standard InChI is InChI=1S/C4H6F2NO3/c5-4(6,10)3(9)7-1-2-8/h8H,1-2H2,(H,7,9). The molecule has 10 heavy (non-hydrogen) atoms. The van der Waals surface area contributed by atoms with Gasteiger partial charge in [0.05, 0.1) is 6.61 Å². The monoisotopic (exact) mass is 154 g/mol. The first-order chi connectivity index (χ1) is 4.48. The predicted molar refractivity (Wildman–Crippen MR) is 25.7 cm³/mol. The smallest absolute Gasteiger partial charge is 0.395 e. The van der Waals surface area contributed by atoms with Crippen molar-refractivity contribution in [2.75, 3.05) is 13.2 Å². The van der Waals surface area contributed by atoms with Crippen molar-refractivity contribution in [3.05, 3.63) is 0 Å². The molecule has 2 N–H and O–H groups in total. The molecule has 0 atom stereocenters. The number of nitrogens with one attached hydrogen (secondary N) is 1. The summed E-state index contributed by atoms with van der Waals surface area (Å²) >= 11 is 0. The van der Waals surface area contributed by atoms with E-state index in [1.165, 1.54) is 5.32 Å². The van der Waals surface area contributed by atoms with Crippen molar-refractivity contribution in [3.63, 3.8) is 0 Å². The summed E-state index contributed by atoms with van der Waals surface area (Å²) in [5.74, 6) is -1.92. The van der Waals surface area contributed by atoms with Crippen molar-refractivity contribution in [1.82, 2.24) is 5.32 Å². The van der Waals surface area contributed by atoms with Crippen LogP contribution in [0.2, 0.25) is 0 Å². The van der Waals surface area contributed by atoms with Crippen LogP contribution < -0.4 is 5.32 Å². The van der Waals surface area contributed by atoms with Gasteiger partial charge in [-0.1, -0.05) is 0 Å². The number of rotatable bonds is 3. The highest BCUT2D eigenvalue weighted by Crippen LogP contribution is 2.07. The topological polar surface area (TPSA) is 69.2 Å². The molecule has 0 spiro atoms. The first-order valence-corrected chi connectivity index (χ1v) is 2.46. The molecule has 0 unspecified atom stereocenters. The zero-order chi connectivity index (χ0) is 8.20. The Kier molecular flexibility index (Phi) is 3.17. The number of aliphatic hydroxyl groups is 1. The highest BCUT2D eigenvalue weighted by molar-refractivity contribution is 5.81. The van der Waals surface area contributed by atoms with E-state index in [0.29, 0.717) is 0 Å². The fourth-order valence-corrected chi connectivity index (χ4v) is 0.272. The molecule has 4 nitrogen and oxygen atoms in total. The highest BCUT2D eigenvalue weighted by Gasteiger charge is 2.37. The third kappa shape index (κ3) is 3.31. The number of halogens is 2. The van der Waals surface area contributed by atoms with Gasteiger partial charge in [-0.3, -0.25) is 4.79 Å². The lowest BCUT2D eigenvalue weighted by atomic mass is 10.5. The van der Waals surface area contributed by atoms with Crippen LogP contribution in [0.15, 0.2) is 0 Å². The second-order valence-corrected chi connectivity index (χ2v) is 1.50. The van der Waals surface area contributed by atoms with Gasteiger partial charge in [0.25, 0.3) is 0 Å². The normalized spacial score (nSPS) is 11.2. The number of amides is 1. The first kappa shape index (κ1) is 9.25. The van der Waals surface area contributed by atoms with Gasteiger partial charge in [-0.25, -0.2) is 0 Å². The van der Waals surface area contributed by atoms with Gasteiger partial charge in [-0.05, 0) is 0 Å². The van der Waals surface area contributed by atoms with Crippen LogP contribution in [-0.2, 0) is 9.90 Å². The van der Waals surface area contributed by atoms with Crippen molar-refractivity contribution >= 4 is 5.91 Å². The van der Waals surface area contributed by atoms with Gasteiger partial charge in [0.2, 0.25) is 0 Å². The highest BCUT2D eigenvalue weighted by atomic mass is 19.3. The quantitative estimate of drug-likeness (QED) is 0.554. The number of carbonyl (C=O) groups is 1. The van der Waals surface area contributed by atoms with Crippen LogP contribution in [0, 0.1) is 0 Å². The maximum atomic E-state index is 11.4. The second kappa shape index (κ2) is 3.43. The van der Waals surface area contributed by atoms with Crippen LogP contribution >= 0.6 is 0 Å². The lowest BCUT2D eigenvalue weighted by Crippen LogP contribution is -2.40. The van der Waals surface area contributed by atoms with E-state index in [2.05, 4.69) is 0 Å². The molecule has 0 fully saturated rings. The maximum absolute atomic E-state index is 11.4. The van der Waals surface area contributed by atoms with Crippen molar-refractivity contribution in [2.45, 2.75) is 6.11 Å². The van der Waals surface area contributed by atoms with Gasteiger partial charge < -0.3 is 10.4 Å². The summed E-state index contributed by atoms with van der Waals surface area (Å²) in [5, 5.41) is 19.0. The summed E-state index contributed by atoms with van der Waals surface area (Å²) in [5.41, 5.74) is 0. The fourth-order valence-electron chi connectivity index (χ4n) is 0.272. The Balaban J connectivity index is 3.64. The molecule has 59 valence electrons. The van der Waals surface area contributed by atoms with E-state index in [4.69, 9.17) is 5.11 Å². The summed E-state index contributed by atoms with van der Waals surface area (Å²) in [6.07, 6.45) is -4.60. The minimum absolute atomic E-state index is 0.337. The number of carbonyl (C=O) groups excluding carboxylic acids is 1. The van der Waals surface area contributed by atoms with E-state index < -0.39 is 18.6 Å². The maximum Gasteiger partial charge on any atom is 0.462 e. The van der Waals surface area contributed by atoms with E-state index in [0.717, 1.165) is 0 Å². The van der Waals surface area contributed by atoms with Crippen molar-refractivity contribution in [3.8, 4) is 0 Å². The summed E-state index contributed by atoms with van der Waals surface area (Å²) in [4.78, 5) is 9.94. The lowest BCUT2D eigenvalue weighted by Gasteiger charge is -2.05. The summed E-state index contributed by atoms with van der Waals surface area (Å²) in [7, 11) is 0. The molecule has 0 aliphatic rings. The molecule has 0 rings (SSSR count). The molecule has 0 aromatic rings.